The number of aromatic nitrogens is 2. The third-order valence-corrected chi connectivity index (χ3v) is 4.99. The highest BCUT2D eigenvalue weighted by Gasteiger charge is 2.19. The smallest absolute Gasteiger partial charge is 0.331 e. The van der Waals surface area contributed by atoms with E-state index in [2.05, 4.69) is 13.8 Å². The number of benzene rings is 1. The van der Waals surface area contributed by atoms with Crippen molar-refractivity contribution in [2.24, 2.45) is 0 Å². The van der Waals surface area contributed by atoms with Gasteiger partial charge in [0, 0.05) is 19.5 Å². The van der Waals surface area contributed by atoms with Gasteiger partial charge in [0.1, 0.15) is 0 Å². The minimum absolute atomic E-state index is 0.0542. The number of imidazole rings is 1. The lowest BCUT2D eigenvalue weighted by Gasteiger charge is -2.07. The fourth-order valence-corrected chi connectivity index (χ4v) is 3.42. The van der Waals surface area contributed by atoms with Crippen molar-refractivity contribution in [3.05, 3.63) is 52.1 Å². The summed E-state index contributed by atoms with van der Waals surface area (Å²) in [6, 6.07) is 10.1. The third kappa shape index (κ3) is 5.52. The largest absolute Gasteiger partial charge is 0.493 e. The van der Waals surface area contributed by atoms with Crippen LogP contribution in [-0.2, 0) is 19.5 Å². The van der Waals surface area contributed by atoms with E-state index in [0.29, 0.717) is 19.5 Å². The zero-order valence-corrected chi connectivity index (χ0v) is 16.4. The lowest BCUT2D eigenvalue weighted by molar-refractivity contribution is 0.402. The summed E-state index contributed by atoms with van der Waals surface area (Å²) in [6.07, 6.45) is 9.43. The van der Waals surface area contributed by atoms with Crippen LogP contribution in [0.4, 0.5) is 0 Å². The molecule has 0 aliphatic rings. The molecule has 2 aromatic rings. The quantitative estimate of drug-likeness (QED) is 0.536. The maximum Gasteiger partial charge on any atom is 0.331 e. The molecule has 4 nitrogen and oxygen atoms in total. The third-order valence-electron chi connectivity index (χ3n) is 4.99. The zero-order chi connectivity index (χ0) is 18.8. The molecule has 0 atom stereocenters. The van der Waals surface area contributed by atoms with Gasteiger partial charge in [-0.3, -0.25) is 9.13 Å². The molecule has 26 heavy (non-hydrogen) atoms. The van der Waals surface area contributed by atoms with Crippen LogP contribution in [0.3, 0.4) is 0 Å². The predicted octanol–water partition coefficient (Wildman–Crippen LogP) is 5.11. The molecule has 0 saturated carbocycles. The van der Waals surface area contributed by atoms with Gasteiger partial charge in [0.05, 0.1) is 5.69 Å². The Balaban J connectivity index is 2.22. The summed E-state index contributed by atoms with van der Waals surface area (Å²) in [5, 5.41) is 10.8. The molecule has 1 aromatic heterocycles. The Labute approximate surface area is 157 Å². The van der Waals surface area contributed by atoms with Crippen molar-refractivity contribution < 1.29 is 5.11 Å². The molecule has 0 fully saturated rings. The van der Waals surface area contributed by atoms with Gasteiger partial charge in [0.15, 0.2) is 0 Å². The number of rotatable bonds is 12. The van der Waals surface area contributed by atoms with Crippen LogP contribution < -0.4 is 5.69 Å². The fourth-order valence-electron chi connectivity index (χ4n) is 3.42. The minimum Gasteiger partial charge on any atom is -0.493 e. The number of hydrogen-bond acceptors (Lipinski definition) is 2. The lowest BCUT2D eigenvalue weighted by atomic mass is 10.1. The van der Waals surface area contributed by atoms with Crippen molar-refractivity contribution in [1.82, 2.24) is 9.13 Å². The summed E-state index contributed by atoms with van der Waals surface area (Å²) in [6.45, 7) is 5.66. The maximum absolute atomic E-state index is 12.9. The predicted molar refractivity (Wildman–Crippen MR) is 108 cm³/mol. The average molecular weight is 359 g/mol. The Morgan fingerprint density at radius 3 is 1.96 bits per heavy atom. The highest BCUT2D eigenvalue weighted by atomic mass is 16.3. The van der Waals surface area contributed by atoms with E-state index in [9.17, 15) is 9.90 Å². The van der Waals surface area contributed by atoms with Crippen LogP contribution in [-0.4, -0.2) is 14.2 Å². The van der Waals surface area contributed by atoms with E-state index in [1.165, 1.54) is 25.7 Å². The Morgan fingerprint density at radius 1 is 0.808 bits per heavy atom. The van der Waals surface area contributed by atoms with Crippen molar-refractivity contribution in [1.29, 1.82) is 0 Å². The van der Waals surface area contributed by atoms with Gasteiger partial charge < -0.3 is 5.11 Å². The van der Waals surface area contributed by atoms with Gasteiger partial charge in [0.2, 0.25) is 5.88 Å². The van der Waals surface area contributed by atoms with E-state index >= 15 is 0 Å². The standard InChI is InChI=1S/C22H34N2O2/c1-3-5-7-12-16-23-20(18-19-14-10-9-11-15-19)21(25)24(22(23)26)17-13-8-6-4-2/h9-11,14-15,25H,3-8,12-13,16-18H2,1-2H3. The Hall–Kier alpha value is -1.97. The first kappa shape index (κ1) is 20.3. The van der Waals surface area contributed by atoms with Crippen molar-refractivity contribution in [2.75, 3.05) is 0 Å². The van der Waals surface area contributed by atoms with Crippen LogP contribution in [0.25, 0.3) is 0 Å². The van der Waals surface area contributed by atoms with Gasteiger partial charge in [0.25, 0.3) is 0 Å². The van der Waals surface area contributed by atoms with E-state index in [0.717, 1.165) is 36.9 Å². The first-order valence-corrected chi connectivity index (χ1v) is 10.2. The number of unbranched alkanes of at least 4 members (excludes halogenated alkanes) is 6. The van der Waals surface area contributed by atoms with Crippen LogP contribution in [0.5, 0.6) is 5.88 Å². The SMILES string of the molecule is CCCCCCn1c(O)c(Cc2ccccc2)n(CCCCCC)c1=O. The molecule has 0 bridgehead atoms. The number of aromatic hydroxyl groups is 1. The lowest BCUT2D eigenvalue weighted by Crippen LogP contribution is -2.25. The summed E-state index contributed by atoms with van der Waals surface area (Å²) < 4.78 is 3.38. The fraction of sp³-hybridized carbons (Fsp3) is 0.591. The molecule has 1 N–H and O–H groups in total. The van der Waals surface area contributed by atoms with Crippen LogP contribution in [0.15, 0.2) is 35.1 Å². The molecule has 2 rings (SSSR count). The van der Waals surface area contributed by atoms with Gasteiger partial charge in [-0.05, 0) is 18.4 Å². The zero-order valence-electron chi connectivity index (χ0n) is 16.4. The monoisotopic (exact) mass is 358 g/mol. The Kier molecular flexibility index (Phi) is 8.52. The van der Waals surface area contributed by atoms with E-state index in [1.807, 2.05) is 30.3 Å². The van der Waals surface area contributed by atoms with Crippen molar-refractivity contribution >= 4 is 0 Å². The Morgan fingerprint density at radius 2 is 1.38 bits per heavy atom. The molecule has 144 valence electrons. The highest BCUT2D eigenvalue weighted by molar-refractivity contribution is 5.29. The number of nitrogens with zero attached hydrogens (tertiary/aromatic N) is 2. The molecule has 4 heteroatoms. The van der Waals surface area contributed by atoms with Gasteiger partial charge in [-0.2, -0.15) is 0 Å². The van der Waals surface area contributed by atoms with E-state index in [4.69, 9.17) is 0 Å². The van der Waals surface area contributed by atoms with Crippen LogP contribution in [0.1, 0.15) is 76.5 Å². The first-order valence-electron chi connectivity index (χ1n) is 10.2. The molecule has 0 saturated heterocycles. The van der Waals surface area contributed by atoms with Crippen molar-refractivity contribution in [3.8, 4) is 5.88 Å². The van der Waals surface area contributed by atoms with Gasteiger partial charge in [-0.25, -0.2) is 4.79 Å². The summed E-state index contributed by atoms with van der Waals surface area (Å²) in [5.41, 5.74) is 1.82. The molecular formula is C22H34N2O2. The molecular weight excluding hydrogens is 324 g/mol. The average Bonchev–Trinajstić information content (AvgIpc) is 2.87. The van der Waals surface area contributed by atoms with Crippen LogP contribution in [0.2, 0.25) is 0 Å². The maximum atomic E-state index is 12.9. The molecule has 0 radical (unpaired) electrons. The van der Waals surface area contributed by atoms with E-state index in [1.54, 1.807) is 9.13 Å². The van der Waals surface area contributed by atoms with Crippen LogP contribution in [0, 0.1) is 0 Å². The van der Waals surface area contributed by atoms with Gasteiger partial charge in [-0.15, -0.1) is 0 Å². The first-order chi connectivity index (χ1) is 12.7. The molecule has 1 heterocycles. The topological polar surface area (TPSA) is 47.2 Å². The van der Waals surface area contributed by atoms with Crippen molar-refractivity contribution in [3.63, 3.8) is 0 Å². The van der Waals surface area contributed by atoms with Crippen LogP contribution >= 0.6 is 0 Å². The minimum atomic E-state index is -0.0542. The summed E-state index contributed by atoms with van der Waals surface area (Å²) in [5.74, 6) is 0.158. The van der Waals surface area contributed by atoms with E-state index < -0.39 is 0 Å². The van der Waals surface area contributed by atoms with E-state index in [-0.39, 0.29) is 11.6 Å². The second-order valence-electron chi connectivity index (χ2n) is 7.14. The summed E-state index contributed by atoms with van der Waals surface area (Å²) in [4.78, 5) is 12.9. The molecule has 1 aromatic carbocycles. The Bertz CT molecular complexity index is 701. The molecule has 0 aliphatic heterocycles. The molecule has 0 unspecified atom stereocenters. The van der Waals surface area contributed by atoms with Gasteiger partial charge >= 0.3 is 5.69 Å². The normalized spacial score (nSPS) is 11.2. The molecule has 0 spiro atoms. The second-order valence-corrected chi connectivity index (χ2v) is 7.14. The second kappa shape index (κ2) is 10.9. The molecule has 0 aliphatic carbocycles. The summed E-state index contributed by atoms with van der Waals surface area (Å²) in [7, 11) is 0. The highest BCUT2D eigenvalue weighted by Crippen LogP contribution is 2.21. The summed E-state index contributed by atoms with van der Waals surface area (Å²) >= 11 is 0. The van der Waals surface area contributed by atoms with Crippen molar-refractivity contribution in [2.45, 2.75) is 84.7 Å². The molecule has 0 amide bonds. The number of hydrogen-bond donors (Lipinski definition) is 1. The van der Waals surface area contributed by atoms with Gasteiger partial charge in [-0.1, -0.05) is 82.7 Å².